The molecule has 1 atom stereocenters. The maximum absolute atomic E-state index is 9.16. The van der Waals surface area contributed by atoms with Crippen molar-refractivity contribution in [3.8, 4) is 0 Å². The molecule has 0 aromatic carbocycles. The van der Waals surface area contributed by atoms with E-state index in [1.165, 1.54) is 0 Å². The van der Waals surface area contributed by atoms with E-state index in [0.717, 1.165) is 32.2 Å². The van der Waals surface area contributed by atoms with Gasteiger partial charge in [-0.05, 0) is 25.8 Å². The Morgan fingerprint density at radius 3 is 2.36 bits per heavy atom. The molecule has 0 bridgehead atoms. The summed E-state index contributed by atoms with van der Waals surface area (Å²) in [5.41, 5.74) is 5.30. The van der Waals surface area contributed by atoms with Crippen molar-refractivity contribution in [1.82, 2.24) is 0 Å². The highest BCUT2D eigenvalue weighted by Gasteiger charge is 2.01. The summed E-state index contributed by atoms with van der Waals surface area (Å²) < 4.78 is 0. The number of hydrogen-bond donors (Lipinski definition) is 3. The van der Waals surface area contributed by atoms with Crippen LogP contribution in [0.4, 0.5) is 0 Å². The van der Waals surface area contributed by atoms with Crippen LogP contribution in [0, 0.1) is 0 Å². The fourth-order valence-corrected chi connectivity index (χ4v) is 0.994. The normalized spacial score (nSPS) is 13.4. The van der Waals surface area contributed by atoms with E-state index in [-0.39, 0.29) is 12.7 Å². The molecule has 0 saturated heterocycles. The van der Waals surface area contributed by atoms with Crippen LogP contribution in [-0.4, -0.2) is 29.5 Å². The smallest absolute Gasteiger partial charge is 0.0562 e. The summed E-state index contributed by atoms with van der Waals surface area (Å²) in [5, 5.41) is 17.6. The quantitative estimate of drug-likeness (QED) is 0.469. The second kappa shape index (κ2) is 7.98. The second-order valence-electron chi connectivity index (χ2n) is 2.80. The predicted octanol–water partition coefficient (Wildman–Crippen LogP) is 0.249. The van der Waals surface area contributed by atoms with Crippen molar-refractivity contribution in [2.45, 2.75) is 38.2 Å². The number of unbranched alkanes of at least 4 members (excludes halogenated alkanes) is 2. The zero-order valence-corrected chi connectivity index (χ0v) is 7.00. The minimum atomic E-state index is -0.322. The van der Waals surface area contributed by atoms with Gasteiger partial charge < -0.3 is 15.9 Å². The topological polar surface area (TPSA) is 66.5 Å². The first kappa shape index (κ1) is 10.9. The highest BCUT2D eigenvalue weighted by molar-refractivity contribution is 4.54. The van der Waals surface area contributed by atoms with Gasteiger partial charge in [-0.15, -0.1) is 0 Å². The number of aliphatic hydroxyl groups is 2. The Morgan fingerprint density at radius 1 is 1.09 bits per heavy atom. The zero-order valence-electron chi connectivity index (χ0n) is 7.00. The Kier molecular flexibility index (Phi) is 7.89. The van der Waals surface area contributed by atoms with Gasteiger partial charge in [0.1, 0.15) is 0 Å². The molecule has 0 fully saturated rings. The molecule has 0 rings (SSSR count). The summed E-state index contributed by atoms with van der Waals surface area (Å²) in [4.78, 5) is 0. The molecule has 0 aliphatic rings. The molecule has 4 N–H and O–H groups in total. The lowest BCUT2D eigenvalue weighted by Crippen LogP contribution is -2.08. The number of rotatable bonds is 7. The van der Waals surface area contributed by atoms with Crippen LogP contribution in [0.2, 0.25) is 0 Å². The van der Waals surface area contributed by atoms with Crippen molar-refractivity contribution >= 4 is 0 Å². The fraction of sp³-hybridized carbons (Fsp3) is 1.00. The molecule has 1 unspecified atom stereocenters. The zero-order chi connectivity index (χ0) is 8.53. The molecule has 0 saturated carbocycles. The molecule has 68 valence electrons. The molecule has 0 aromatic heterocycles. The first-order valence-corrected chi connectivity index (χ1v) is 4.30. The van der Waals surface area contributed by atoms with Gasteiger partial charge in [0.05, 0.1) is 6.10 Å². The molecule has 0 heterocycles. The Labute approximate surface area is 68.2 Å². The Balaban J connectivity index is 2.97. The molecule has 0 spiro atoms. The van der Waals surface area contributed by atoms with E-state index in [2.05, 4.69) is 0 Å². The average Bonchev–Trinajstić information content (AvgIpc) is 1.99. The van der Waals surface area contributed by atoms with Gasteiger partial charge in [0, 0.05) is 6.61 Å². The minimum Gasteiger partial charge on any atom is -0.396 e. The summed E-state index contributed by atoms with van der Waals surface area (Å²) in [6, 6.07) is 0. The molecule has 3 nitrogen and oxygen atoms in total. The van der Waals surface area contributed by atoms with Gasteiger partial charge >= 0.3 is 0 Å². The lowest BCUT2D eigenvalue weighted by atomic mass is 10.1. The van der Waals surface area contributed by atoms with Crippen LogP contribution in [0.1, 0.15) is 32.1 Å². The van der Waals surface area contributed by atoms with E-state index in [0.29, 0.717) is 6.42 Å². The summed E-state index contributed by atoms with van der Waals surface area (Å²) >= 11 is 0. The molecule has 3 heteroatoms. The molecule has 0 aromatic rings. The Bertz CT molecular complexity index is 78.5. The van der Waals surface area contributed by atoms with Crippen LogP contribution < -0.4 is 5.73 Å². The highest BCUT2D eigenvalue weighted by Crippen LogP contribution is 2.05. The molecule has 0 radical (unpaired) electrons. The van der Waals surface area contributed by atoms with E-state index in [4.69, 9.17) is 15.9 Å². The monoisotopic (exact) mass is 161 g/mol. The van der Waals surface area contributed by atoms with Gasteiger partial charge in [-0.25, -0.2) is 0 Å². The van der Waals surface area contributed by atoms with Crippen molar-refractivity contribution in [2.75, 3.05) is 13.2 Å². The van der Waals surface area contributed by atoms with E-state index >= 15 is 0 Å². The first-order chi connectivity index (χ1) is 5.31. The van der Waals surface area contributed by atoms with Crippen molar-refractivity contribution in [2.24, 2.45) is 5.73 Å². The van der Waals surface area contributed by atoms with Crippen LogP contribution in [0.3, 0.4) is 0 Å². The van der Waals surface area contributed by atoms with Crippen molar-refractivity contribution in [1.29, 1.82) is 0 Å². The molecular formula is C8H19NO2. The lowest BCUT2D eigenvalue weighted by Gasteiger charge is -2.07. The molecule has 0 aliphatic heterocycles. The van der Waals surface area contributed by atoms with Gasteiger partial charge in [0.2, 0.25) is 0 Å². The van der Waals surface area contributed by atoms with Crippen molar-refractivity contribution < 1.29 is 10.2 Å². The predicted molar refractivity (Wildman–Crippen MR) is 45.2 cm³/mol. The van der Waals surface area contributed by atoms with Crippen LogP contribution in [-0.2, 0) is 0 Å². The largest absolute Gasteiger partial charge is 0.396 e. The number of hydrogen-bond acceptors (Lipinski definition) is 3. The van der Waals surface area contributed by atoms with Crippen LogP contribution in [0.25, 0.3) is 0 Å². The lowest BCUT2D eigenvalue weighted by molar-refractivity contribution is 0.122. The number of nitrogens with two attached hydrogens (primary N) is 1. The van der Waals surface area contributed by atoms with E-state index < -0.39 is 0 Å². The molecule has 0 amide bonds. The third-order valence-electron chi connectivity index (χ3n) is 1.70. The van der Waals surface area contributed by atoms with E-state index in [1.807, 2.05) is 0 Å². The van der Waals surface area contributed by atoms with Gasteiger partial charge in [0.15, 0.2) is 0 Å². The standard InChI is InChI=1S/C8H19NO2/c9-6-3-1-2-4-8(11)5-7-10/h8,10-11H,1-7,9H2. The van der Waals surface area contributed by atoms with Gasteiger partial charge in [-0.1, -0.05) is 12.8 Å². The summed E-state index contributed by atoms with van der Waals surface area (Å²) in [6.45, 7) is 0.814. The van der Waals surface area contributed by atoms with Crippen LogP contribution in [0.5, 0.6) is 0 Å². The average molecular weight is 161 g/mol. The fourth-order valence-electron chi connectivity index (χ4n) is 0.994. The Hall–Kier alpha value is -0.120. The number of aliphatic hydroxyl groups excluding tert-OH is 2. The summed E-state index contributed by atoms with van der Waals surface area (Å²) in [6.07, 6.45) is 4.10. The molecular weight excluding hydrogens is 142 g/mol. The third-order valence-corrected chi connectivity index (χ3v) is 1.70. The van der Waals surface area contributed by atoms with Crippen LogP contribution in [0.15, 0.2) is 0 Å². The van der Waals surface area contributed by atoms with Gasteiger partial charge in [-0.3, -0.25) is 0 Å². The second-order valence-corrected chi connectivity index (χ2v) is 2.80. The SMILES string of the molecule is NCCCCCC(O)CCO. The van der Waals surface area contributed by atoms with E-state index in [1.54, 1.807) is 0 Å². The molecule has 11 heavy (non-hydrogen) atoms. The first-order valence-electron chi connectivity index (χ1n) is 4.30. The van der Waals surface area contributed by atoms with E-state index in [9.17, 15) is 0 Å². The Morgan fingerprint density at radius 2 is 1.82 bits per heavy atom. The third kappa shape index (κ3) is 7.78. The van der Waals surface area contributed by atoms with Gasteiger partial charge in [0.25, 0.3) is 0 Å². The maximum atomic E-state index is 9.16. The van der Waals surface area contributed by atoms with Crippen molar-refractivity contribution in [3.63, 3.8) is 0 Å². The van der Waals surface area contributed by atoms with Crippen LogP contribution >= 0.6 is 0 Å². The summed E-state index contributed by atoms with van der Waals surface area (Å²) in [7, 11) is 0. The summed E-state index contributed by atoms with van der Waals surface area (Å²) in [5.74, 6) is 0. The highest BCUT2D eigenvalue weighted by atomic mass is 16.3. The molecule has 0 aliphatic carbocycles. The maximum Gasteiger partial charge on any atom is 0.0562 e. The van der Waals surface area contributed by atoms with Crippen molar-refractivity contribution in [3.05, 3.63) is 0 Å². The minimum absolute atomic E-state index is 0.0814. The van der Waals surface area contributed by atoms with Gasteiger partial charge in [-0.2, -0.15) is 0 Å².